The lowest BCUT2D eigenvalue weighted by Gasteiger charge is -2.14. The molecule has 0 spiro atoms. The lowest BCUT2D eigenvalue weighted by molar-refractivity contribution is 0.322. The van der Waals surface area contributed by atoms with Gasteiger partial charge in [0.15, 0.2) is 0 Å². The van der Waals surface area contributed by atoms with Gasteiger partial charge in [-0.15, -0.1) is 0 Å². The maximum absolute atomic E-state index is 7.41. The predicted molar refractivity (Wildman–Crippen MR) is 60.0 cm³/mol. The molecule has 1 aromatic rings. The fraction of sp³-hybridized carbons (Fsp3) is 0.385. The molecule has 0 aromatic heterocycles. The van der Waals surface area contributed by atoms with E-state index < -0.39 is 0 Å². The average molecular weight is 188 g/mol. The molecule has 1 atom stereocenters. The third kappa shape index (κ3) is 2.05. The molecule has 1 aliphatic heterocycles. The molecule has 1 heterocycles. The number of benzene rings is 1. The van der Waals surface area contributed by atoms with E-state index in [0.29, 0.717) is 12.8 Å². The molecule has 14 heavy (non-hydrogen) atoms. The monoisotopic (exact) mass is 188 g/mol. The molecule has 2 rings (SSSR count). The first-order chi connectivity index (χ1) is 7.29. The van der Waals surface area contributed by atoms with Crippen LogP contribution in [0.3, 0.4) is 0 Å². The van der Waals surface area contributed by atoms with E-state index in [1.807, 2.05) is 6.07 Å². The highest BCUT2D eigenvalue weighted by Gasteiger charge is 2.21. The average Bonchev–Trinajstić information content (AvgIpc) is 2.60. The second-order valence-corrected chi connectivity index (χ2v) is 4.01. The SMILES string of the molecule is [2H]CC1CN(Cc2ccccc2)CC1=C. The zero-order valence-electron chi connectivity index (χ0n) is 9.45. The largest absolute Gasteiger partial charge is 0.295 e. The van der Waals surface area contributed by atoms with E-state index in [9.17, 15) is 0 Å². The fourth-order valence-electron chi connectivity index (χ4n) is 1.88. The van der Waals surface area contributed by atoms with Crippen molar-refractivity contribution in [1.82, 2.24) is 4.90 Å². The van der Waals surface area contributed by atoms with Crippen molar-refractivity contribution in [2.24, 2.45) is 5.92 Å². The van der Waals surface area contributed by atoms with Crippen LogP contribution in [-0.2, 0) is 6.54 Å². The van der Waals surface area contributed by atoms with Crippen molar-refractivity contribution in [2.45, 2.75) is 13.4 Å². The van der Waals surface area contributed by atoms with Gasteiger partial charge in [-0.3, -0.25) is 4.90 Å². The normalized spacial score (nSPS) is 23.9. The van der Waals surface area contributed by atoms with Gasteiger partial charge in [-0.25, -0.2) is 0 Å². The number of hydrogen-bond acceptors (Lipinski definition) is 1. The number of rotatable bonds is 2. The maximum atomic E-state index is 7.41. The van der Waals surface area contributed by atoms with Crippen molar-refractivity contribution in [3.05, 3.63) is 48.0 Å². The van der Waals surface area contributed by atoms with Crippen LogP contribution in [0, 0.1) is 5.92 Å². The highest BCUT2D eigenvalue weighted by Crippen LogP contribution is 2.21. The Kier molecular flexibility index (Phi) is 2.34. The minimum atomic E-state index is 0.383. The van der Waals surface area contributed by atoms with Crippen LogP contribution >= 0.6 is 0 Å². The van der Waals surface area contributed by atoms with Gasteiger partial charge in [0, 0.05) is 21.0 Å². The summed E-state index contributed by atoms with van der Waals surface area (Å²) in [4.78, 5) is 2.37. The van der Waals surface area contributed by atoms with E-state index in [2.05, 4.69) is 35.7 Å². The van der Waals surface area contributed by atoms with Crippen LogP contribution in [0.4, 0.5) is 0 Å². The molecule has 1 aliphatic rings. The van der Waals surface area contributed by atoms with E-state index >= 15 is 0 Å². The summed E-state index contributed by atoms with van der Waals surface area (Å²) in [6.45, 7) is 7.45. The summed E-state index contributed by atoms with van der Waals surface area (Å²) in [5.41, 5.74) is 2.57. The summed E-state index contributed by atoms with van der Waals surface area (Å²) in [7, 11) is 0. The van der Waals surface area contributed by atoms with E-state index in [4.69, 9.17) is 1.37 Å². The molecule has 0 aliphatic carbocycles. The molecule has 1 saturated heterocycles. The summed E-state index contributed by atoms with van der Waals surface area (Å²) in [6, 6.07) is 10.5. The van der Waals surface area contributed by atoms with Gasteiger partial charge >= 0.3 is 0 Å². The topological polar surface area (TPSA) is 3.24 Å². The second-order valence-electron chi connectivity index (χ2n) is 4.01. The predicted octanol–water partition coefficient (Wildman–Crippen LogP) is 2.69. The number of nitrogens with zero attached hydrogens (tertiary/aromatic N) is 1. The molecule has 0 N–H and O–H groups in total. The third-order valence-electron chi connectivity index (χ3n) is 2.73. The Labute approximate surface area is 87.5 Å². The van der Waals surface area contributed by atoms with Crippen molar-refractivity contribution in [3.8, 4) is 0 Å². The van der Waals surface area contributed by atoms with Crippen molar-refractivity contribution in [1.29, 1.82) is 0 Å². The van der Waals surface area contributed by atoms with Crippen LogP contribution < -0.4 is 0 Å². The van der Waals surface area contributed by atoms with Gasteiger partial charge in [-0.2, -0.15) is 0 Å². The molecule has 0 amide bonds. The summed E-state index contributed by atoms with van der Waals surface area (Å²) in [5.74, 6) is 0.383. The van der Waals surface area contributed by atoms with E-state index in [0.717, 1.165) is 19.6 Å². The van der Waals surface area contributed by atoms with Crippen LogP contribution in [0.1, 0.15) is 13.8 Å². The Morgan fingerprint density at radius 1 is 1.50 bits per heavy atom. The van der Waals surface area contributed by atoms with Crippen LogP contribution in [0.25, 0.3) is 0 Å². The van der Waals surface area contributed by atoms with Crippen molar-refractivity contribution in [3.63, 3.8) is 0 Å². The molecule has 1 heteroatoms. The summed E-state index contributed by atoms with van der Waals surface area (Å²) in [6.07, 6.45) is 0. The molecule has 0 bridgehead atoms. The maximum Gasteiger partial charge on any atom is 0.0237 e. The first kappa shape index (κ1) is 8.25. The Hall–Kier alpha value is -1.08. The minimum Gasteiger partial charge on any atom is -0.295 e. The van der Waals surface area contributed by atoms with E-state index in [1.165, 1.54) is 11.1 Å². The molecule has 1 aromatic carbocycles. The Bertz CT molecular complexity index is 334. The Balaban J connectivity index is 1.95. The first-order valence-corrected chi connectivity index (χ1v) is 5.03. The second kappa shape index (κ2) is 3.97. The molecule has 0 saturated carbocycles. The standard InChI is InChI=1S/C13H17N/c1-11-8-14(9-12(11)2)10-13-6-4-3-5-7-13/h3-7,12H,1,8-10H2,2H3/i2D. The van der Waals surface area contributed by atoms with Gasteiger partial charge in [-0.1, -0.05) is 49.4 Å². The van der Waals surface area contributed by atoms with Crippen LogP contribution in [0.15, 0.2) is 42.5 Å². The summed E-state index contributed by atoms with van der Waals surface area (Å²) < 4.78 is 7.41. The Morgan fingerprint density at radius 3 is 2.93 bits per heavy atom. The number of hydrogen-bond donors (Lipinski definition) is 0. The van der Waals surface area contributed by atoms with Gasteiger partial charge in [0.25, 0.3) is 0 Å². The highest BCUT2D eigenvalue weighted by atomic mass is 15.1. The number of likely N-dealkylation sites (tertiary alicyclic amines) is 1. The molecule has 0 radical (unpaired) electrons. The third-order valence-corrected chi connectivity index (χ3v) is 2.73. The summed E-state index contributed by atoms with van der Waals surface area (Å²) >= 11 is 0. The van der Waals surface area contributed by atoms with E-state index in [1.54, 1.807) is 0 Å². The van der Waals surface area contributed by atoms with Crippen LogP contribution in [0.2, 0.25) is 0 Å². The molecule has 1 fully saturated rings. The van der Waals surface area contributed by atoms with Crippen molar-refractivity contribution >= 4 is 0 Å². The zero-order valence-corrected chi connectivity index (χ0v) is 8.45. The van der Waals surface area contributed by atoms with Gasteiger partial charge < -0.3 is 0 Å². The summed E-state index contributed by atoms with van der Waals surface area (Å²) in [5, 5.41) is 0. The molecule has 1 unspecified atom stereocenters. The smallest absolute Gasteiger partial charge is 0.0237 e. The molecular formula is C13H17N. The van der Waals surface area contributed by atoms with Crippen LogP contribution in [-0.4, -0.2) is 18.0 Å². The van der Waals surface area contributed by atoms with Crippen molar-refractivity contribution in [2.75, 3.05) is 13.1 Å². The van der Waals surface area contributed by atoms with Gasteiger partial charge in [0.1, 0.15) is 0 Å². The molecule has 74 valence electrons. The van der Waals surface area contributed by atoms with Crippen molar-refractivity contribution < 1.29 is 1.37 Å². The quantitative estimate of drug-likeness (QED) is 0.645. The Morgan fingerprint density at radius 2 is 2.29 bits per heavy atom. The van der Waals surface area contributed by atoms with Gasteiger partial charge in [0.2, 0.25) is 0 Å². The highest BCUT2D eigenvalue weighted by molar-refractivity contribution is 5.16. The molecular weight excluding hydrogens is 170 g/mol. The lowest BCUT2D eigenvalue weighted by atomic mass is 10.1. The van der Waals surface area contributed by atoms with E-state index in [-0.39, 0.29) is 0 Å². The van der Waals surface area contributed by atoms with Gasteiger partial charge in [0.05, 0.1) is 0 Å². The first-order valence-electron chi connectivity index (χ1n) is 5.73. The van der Waals surface area contributed by atoms with Gasteiger partial charge in [-0.05, 0) is 11.5 Å². The van der Waals surface area contributed by atoms with Crippen LogP contribution in [0.5, 0.6) is 0 Å². The lowest BCUT2D eigenvalue weighted by Crippen LogP contribution is -2.19. The fourth-order valence-corrected chi connectivity index (χ4v) is 1.88. The molecule has 1 nitrogen and oxygen atoms in total. The zero-order chi connectivity index (χ0) is 10.7. The minimum absolute atomic E-state index is 0.383.